The van der Waals surface area contributed by atoms with Gasteiger partial charge in [0, 0.05) is 46.7 Å². The van der Waals surface area contributed by atoms with Gasteiger partial charge in [0.25, 0.3) is 0 Å². The van der Waals surface area contributed by atoms with Crippen molar-refractivity contribution in [3.63, 3.8) is 0 Å². The summed E-state index contributed by atoms with van der Waals surface area (Å²) in [6.45, 7) is 3.13. The van der Waals surface area contributed by atoms with Gasteiger partial charge in [-0.25, -0.2) is 13.8 Å². The van der Waals surface area contributed by atoms with Crippen LogP contribution < -0.4 is 5.73 Å². The zero-order valence-electron chi connectivity index (χ0n) is 21.3. The molecule has 0 amide bonds. The minimum absolute atomic E-state index is 0.110. The SMILES string of the molecule is Cn1nc(CS(C)=O)c2c(Cl)ccc(-c3ccc(C#CC(C)(C)O)nc3[C@@H](N)Cc3cc(F)cc(F)c3)c21. The number of pyridine rings is 1. The molecule has 6 nitrogen and oxygen atoms in total. The zero-order chi connectivity index (χ0) is 27.8. The summed E-state index contributed by atoms with van der Waals surface area (Å²) in [5, 5.41) is 15.8. The number of hydrogen-bond acceptors (Lipinski definition) is 5. The molecule has 4 aromatic rings. The number of nitrogens with two attached hydrogens (primary N) is 1. The van der Waals surface area contributed by atoms with E-state index in [0.717, 1.165) is 11.6 Å². The smallest absolute Gasteiger partial charge is 0.126 e. The van der Waals surface area contributed by atoms with Gasteiger partial charge in [0.2, 0.25) is 0 Å². The van der Waals surface area contributed by atoms with Crippen LogP contribution in [0.5, 0.6) is 0 Å². The zero-order valence-corrected chi connectivity index (χ0v) is 22.9. The minimum Gasteiger partial charge on any atom is -0.378 e. The Bertz CT molecular complexity index is 1600. The summed E-state index contributed by atoms with van der Waals surface area (Å²) >= 11 is 6.56. The predicted molar refractivity (Wildman–Crippen MR) is 147 cm³/mol. The molecule has 0 saturated heterocycles. The largest absolute Gasteiger partial charge is 0.378 e. The third-order valence-electron chi connectivity index (χ3n) is 5.79. The molecule has 2 atom stereocenters. The van der Waals surface area contributed by atoms with Gasteiger partial charge < -0.3 is 10.8 Å². The van der Waals surface area contributed by atoms with Gasteiger partial charge in [-0.05, 0) is 62.1 Å². The molecule has 198 valence electrons. The van der Waals surface area contributed by atoms with Crippen LogP contribution in [0.2, 0.25) is 5.02 Å². The molecule has 2 aromatic carbocycles. The number of aromatic nitrogens is 3. The second-order valence-electron chi connectivity index (χ2n) is 9.63. The van der Waals surface area contributed by atoms with Gasteiger partial charge in [-0.1, -0.05) is 23.6 Å². The summed E-state index contributed by atoms with van der Waals surface area (Å²) in [5.74, 6) is 4.45. The number of nitrogens with zero attached hydrogens (tertiary/aromatic N) is 3. The second kappa shape index (κ2) is 10.9. The molecule has 4 rings (SSSR count). The Morgan fingerprint density at radius 3 is 2.45 bits per heavy atom. The number of benzene rings is 2. The van der Waals surface area contributed by atoms with Crippen LogP contribution >= 0.6 is 11.6 Å². The normalized spacial score (nSPS) is 13.3. The minimum atomic E-state index is -1.23. The van der Waals surface area contributed by atoms with Crippen molar-refractivity contribution in [1.82, 2.24) is 14.8 Å². The lowest BCUT2D eigenvalue weighted by Gasteiger charge is -2.18. The van der Waals surface area contributed by atoms with E-state index in [1.165, 1.54) is 12.1 Å². The highest BCUT2D eigenvalue weighted by atomic mass is 35.5. The maximum Gasteiger partial charge on any atom is 0.126 e. The topological polar surface area (TPSA) is 94.0 Å². The first-order valence-electron chi connectivity index (χ1n) is 11.7. The lowest BCUT2D eigenvalue weighted by molar-refractivity contribution is 0.143. The fourth-order valence-corrected chi connectivity index (χ4v) is 5.17. The number of aliphatic hydroxyl groups is 1. The number of fused-ring (bicyclic) bond motifs is 1. The summed E-state index contributed by atoms with van der Waals surface area (Å²) in [5.41, 5.74) is 9.30. The van der Waals surface area contributed by atoms with Gasteiger partial charge in [-0.15, -0.1) is 0 Å². The molecule has 2 heterocycles. The molecule has 1 unspecified atom stereocenters. The molecule has 0 bridgehead atoms. The fraction of sp³-hybridized carbons (Fsp3) is 0.286. The first kappa shape index (κ1) is 27.9. The Kier molecular flexibility index (Phi) is 8.00. The molecular formula is C28H27ClF2N4O2S. The Morgan fingerprint density at radius 2 is 1.82 bits per heavy atom. The molecule has 0 radical (unpaired) electrons. The molecule has 0 fully saturated rings. The van der Waals surface area contributed by atoms with Crippen LogP contribution in [0.25, 0.3) is 22.0 Å². The van der Waals surface area contributed by atoms with Crippen molar-refractivity contribution in [2.45, 2.75) is 37.7 Å². The number of rotatable bonds is 6. The Labute approximate surface area is 227 Å². The standard InChI is InChI=1S/C28H27ClF2N4O2S/c1-28(2,36)10-9-19-5-6-20(26(33-19)23(32)13-16-11-17(30)14-18(31)12-16)21-7-8-22(29)25-24(15-38(4)37)34-35(3)27(21)25/h5-8,11-12,14,23,36H,13,15,32H2,1-4H3/t23-,38?/m0/s1. The molecule has 38 heavy (non-hydrogen) atoms. The van der Waals surface area contributed by atoms with Crippen LogP contribution in [0.4, 0.5) is 8.78 Å². The molecule has 0 spiro atoms. The fourth-order valence-electron chi connectivity index (χ4n) is 4.32. The van der Waals surface area contributed by atoms with Gasteiger partial charge in [0.1, 0.15) is 22.9 Å². The highest BCUT2D eigenvalue weighted by Gasteiger charge is 2.22. The average Bonchev–Trinajstić information content (AvgIpc) is 3.13. The summed E-state index contributed by atoms with van der Waals surface area (Å²) < 4.78 is 41.4. The first-order valence-corrected chi connectivity index (χ1v) is 13.8. The quantitative estimate of drug-likeness (QED) is 0.332. The second-order valence-corrected chi connectivity index (χ2v) is 11.5. The van der Waals surface area contributed by atoms with E-state index in [1.54, 1.807) is 44.0 Å². The molecule has 3 N–H and O–H groups in total. The lowest BCUT2D eigenvalue weighted by Crippen LogP contribution is -2.17. The van der Waals surface area contributed by atoms with Crippen molar-refractivity contribution in [3.05, 3.63) is 81.8 Å². The molecule has 2 aromatic heterocycles. The van der Waals surface area contributed by atoms with Crippen molar-refractivity contribution >= 4 is 33.3 Å². The van der Waals surface area contributed by atoms with E-state index in [2.05, 4.69) is 16.9 Å². The van der Waals surface area contributed by atoms with E-state index in [-0.39, 0.29) is 12.2 Å². The molecule has 10 heteroatoms. The van der Waals surface area contributed by atoms with Crippen molar-refractivity contribution in [2.24, 2.45) is 12.8 Å². The number of halogens is 3. The van der Waals surface area contributed by atoms with Crippen LogP contribution in [0.1, 0.15) is 42.5 Å². The molecule has 0 aliphatic heterocycles. The summed E-state index contributed by atoms with van der Waals surface area (Å²) in [4.78, 5) is 4.70. The van der Waals surface area contributed by atoms with E-state index in [9.17, 15) is 18.1 Å². The summed E-state index contributed by atoms with van der Waals surface area (Å²) in [6, 6.07) is 9.62. The summed E-state index contributed by atoms with van der Waals surface area (Å²) in [7, 11) is 0.640. The third kappa shape index (κ3) is 6.27. The first-order chi connectivity index (χ1) is 17.8. The van der Waals surface area contributed by atoms with E-state index in [4.69, 9.17) is 22.3 Å². The molecule has 0 aliphatic carbocycles. The van der Waals surface area contributed by atoms with Crippen molar-refractivity contribution in [1.29, 1.82) is 0 Å². The van der Waals surface area contributed by atoms with Crippen molar-refractivity contribution in [2.75, 3.05) is 6.26 Å². The van der Waals surface area contributed by atoms with Crippen LogP contribution in [0, 0.1) is 23.5 Å². The lowest BCUT2D eigenvalue weighted by atomic mass is 9.94. The van der Waals surface area contributed by atoms with Crippen LogP contribution in [-0.2, 0) is 30.0 Å². The molecule has 0 saturated carbocycles. The number of hydrogen-bond donors (Lipinski definition) is 2. The van der Waals surface area contributed by atoms with Gasteiger partial charge in [0.15, 0.2) is 0 Å². The Morgan fingerprint density at radius 1 is 1.16 bits per heavy atom. The van der Waals surface area contributed by atoms with Crippen molar-refractivity contribution < 1.29 is 18.1 Å². The van der Waals surface area contributed by atoms with Crippen LogP contribution in [0.15, 0.2) is 42.5 Å². The van der Waals surface area contributed by atoms with Gasteiger partial charge in [-0.3, -0.25) is 8.89 Å². The maximum absolute atomic E-state index is 13.9. The van der Waals surface area contributed by atoms with Gasteiger partial charge in [-0.2, -0.15) is 5.10 Å². The van der Waals surface area contributed by atoms with Gasteiger partial charge >= 0.3 is 0 Å². The molecular weight excluding hydrogens is 530 g/mol. The summed E-state index contributed by atoms with van der Waals surface area (Å²) in [6.07, 6.45) is 1.71. The molecule has 0 aliphatic rings. The monoisotopic (exact) mass is 556 g/mol. The van der Waals surface area contributed by atoms with E-state index in [1.807, 2.05) is 12.1 Å². The van der Waals surface area contributed by atoms with E-state index in [0.29, 0.717) is 44.1 Å². The van der Waals surface area contributed by atoms with Crippen LogP contribution in [0.3, 0.4) is 0 Å². The Hall–Kier alpha value is -3.16. The number of aryl methyl sites for hydroxylation is 1. The highest BCUT2D eigenvalue weighted by molar-refractivity contribution is 7.83. The Balaban J connectivity index is 1.91. The van der Waals surface area contributed by atoms with Crippen molar-refractivity contribution in [3.8, 4) is 23.0 Å². The van der Waals surface area contributed by atoms with Gasteiger partial charge in [0.05, 0.1) is 33.7 Å². The maximum atomic E-state index is 13.9. The van der Waals surface area contributed by atoms with Crippen LogP contribution in [-0.4, -0.2) is 35.9 Å². The average molecular weight is 557 g/mol. The van der Waals surface area contributed by atoms with E-state index < -0.39 is 34.1 Å². The predicted octanol–water partition coefficient (Wildman–Crippen LogP) is 4.81. The van der Waals surface area contributed by atoms with E-state index >= 15 is 0 Å². The third-order valence-corrected chi connectivity index (χ3v) is 6.79. The highest BCUT2D eigenvalue weighted by Crippen LogP contribution is 2.38.